The molecule has 1 amide bonds. The summed E-state index contributed by atoms with van der Waals surface area (Å²) in [6.45, 7) is 2.66. The molecule has 7 nitrogen and oxygen atoms in total. The Morgan fingerprint density at radius 1 is 0.826 bits per heavy atom. The highest BCUT2D eigenvalue weighted by molar-refractivity contribution is 7.89. The molecule has 1 N–H and O–H groups in total. The first-order valence-corrected chi connectivity index (χ1v) is 17.1. The summed E-state index contributed by atoms with van der Waals surface area (Å²) in [6.07, 6.45) is 0. The van der Waals surface area contributed by atoms with Crippen LogP contribution in [-0.2, 0) is 27.9 Å². The number of hydrogen-bond donors (Lipinski definition) is 1. The van der Waals surface area contributed by atoms with Crippen LogP contribution in [0.2, 0.25) is 5.02 Å². The van der Waals surface area contributed by atoms with Crippen LogP contribution in [0.4, 0.5) is 5.69 Å². The van der Waals surface area contributed by atoms with E-state index in [4.69, 9.17) is 11.6 Å². The number of benzene rings is 5. The molecule has 0 aromatic heterocycles. The molecule has 1 aliphatic heterocycles. The Balaban J connectivity index is 1.30. The lowest BCUT2D eigenvalue weighted by Crippen LogP contribution is -2.50. The van der Waals surface area contributed by atoms with Gasteiger partial charge in [0, 0.05) is 43.4 Å². The van der Waals surface area contributed by atoms with Gasteiger partial charge in [0.1, 0.15) is 6.04 Å². The first kappa shape index (κ1) is 31.9. The smallest absolute Gasteiger partial charge is 0.246 e. The minimum absolute atomic E-state index is 0.0984. The number of nitrogens with zero attached hydrogens (tertiary/aromatic N) is 3. The van der Waals surface area contributed by atoms with E-state index in [1.165, 1.54) is 5.56 Å². The van der Waals surface area contributed by atoms with Crippen LogP contribution in [0.25, 0.3) is 21.9 Å². The number of carbonyl (C=O) groups is 1. The molecule has 1 fully saturated rings. The molecule has 1 atom stereocenters. The second kappa shape index (κ2) is 13.7. The van der Waals surface area contributed by atoms with Gasteiger partial charge in [0.2, 0.25) is 15.9 Å². The Labute approximate surface area is 276 Å². The van der Waals surface area contributed by atoms with Crippen molar-refractivity contribution in [2.45, 2.75) is 24.0 Å². The van der Waals surface area contributed by atoms with Gasteiger partial charge in [0.25, 0.3) is 0 Å². The van der Waals surface area contributed by atoms with Gasteiger partial charge in [0.15, 0.2) is 0 Å². The molecule has 1 aliphatic rings. The molecule has 5 aromatic rings. The number of rotatable bonds is 9. The summed E-state index contributed by atoms with van der Waals surface area (Å²) in [5.74, 6) is -0.285. The molecule has 9 heteroatoms. The van der Waals surface area contributed by atoms with E-state index in [1.54, 1.807) is 41.3 Å². The molecule has 5 aromatic carbocycles. The standard InChI is InChI=1S/C37H37ClN4O3S/c1-40(2)25-31-10-6-7-11-35(31)28-13-17-33(18-14-28)42-21-20-41(24-27-8-4-3-5-9-27)26-36(37(42)43)39-46(44,45)34-19-15-29-22-32(38)16-12-30(29)23-34/h3-19,22-23,36,39H,20-21,24-26H2,1-2H3. The van der Waals surface area contributed by atoms with E-state index in [0.29, 0.717) is 24.7 Å². The summed E-state index contributed by atoms with van der Waals surface area (Å²) in [5.41, 5.74) is 5.24. The maximum absolute atomic E-state index is 14.2. The Kier molecular flexibility index (Phi) is 9.54. The molecule has 1 unspecified atom stereocenters. The van der Waals surface area contributed by atoms with Crippen molar-refractivity contribution in [1.29, 1.82) is 0 Å². The van der Waals surface area contributed by atoms with Gasteiger partial charge in [-0.2, -0.15) is 4.72 Å². The van der Waals surface area contributed by atoms with E-state index in [9.17, 15) is 13.2 Å². The van der Waals surface area contributed by atoms with Crippen LogP contribution in [0, 0.1) is 0 Å². The Hall–Kier alpha value is -4.05. The third kappa shape index (κ3) is 7.33. The lowest BCUT2D eigenvalue weighted by Gasteiger charge is -2.25. The minimum atomic E-state index is -4.03. The lowest BCUT2D eigenvalue weighted by molar-refractivity contribution is -0.120. The number of carbonyl (C=O) groups excluding carboxylic acids is 1. The summed E-state index contributed by atoms with van der Waals surface area (Å²) in [7, 11) is 0.0652. The molecule has 0 radical (unpaired) electrons. The van der Waals surface area contributed by atoms with Gasteiger partial charge in [-0.3, -0.25) is 9.69 Å². The SMILES string of the molecule is CN(C)Cc1ccccc1-c1ccc(N2CCN(Cc3ccccc3)CC(NS(=O)(=O)c3ccc4cc(Cl)ccc4c3)C2=O)cc1. The van der Waals surface area contributed by atoms with E-state index in [0.717, 1.165) is 39.7 Å². The number of halogens is 1. The molecular formula is C37H37ClN4O3S. The summed E-state index contributed by atoms with van der Waals surface area (Å²) >= 11 is 6.13. The highest BCUT2D eigenvalue weighted by Crippen LogP contribution is 2.29. The van der Waals surface area contributed by atoms with Crippen LogP contribution in [-0.4, -0.2) is 63.9 Å². The predicted molar refractivity (Wildman–Crippen MR) is 186 cm³/mol. The van der Waals surface area contributed by atoms with E-state index in [1.807, 2.05) is 80.8 Å². The van der Waals surface area contributed by atoms with Crippen molar-refractivity contribution in [1.82, 2.24) is 14.5 Å². The number of hydrogen-bond acceptors (Lipinski definition) is 5. The number of anilines is 1. The molecular weight excluding hydrogens is 616 g/mol. The first-order chi connectivity index (χ1) is 22.2. The third-order valence-electron chi connectivity index (χ3n) is 8.27. The van der Waals surface area contributed by atoms with Crippen LogP contribution in [0.1, 0.15) is 11.1 Å². The largest absolute Gasteiger partial charge is 0.310 e. The Morgan fingerprint density at radius 2 is 1.52 bits per heavy atom. The molecule has 236 valence electrons. The monoisotopic (exact) mass is 652 g/mol. The van der Waals surface area contributed by atoms with Crippen molar-refractivity contribution in [3.63, 3.8) is 0 Å². The van der Waals surface area contributed by atoms with Crippen molar-refractivity contribution in [2.24, 2.45) is 0 Å². The lowest BCUT2D eigenvalue weighted by atomic mass is 9.99. The topological polar surface area (TPSA) is 73.0 Å². The number of fused-ring (bicyclic) bond motifs is 1. The molecule has 0 saturated carbocycles. The highest BCUT2D eigenvalue weighted by atomic mass is 35.5. The zero-order valence-electron chi connectivity index (χ0n) is 25.9. The first-order valence-electron chi connectivity index (χ1n) is 15.3. The third-order valence-corrected chi connectivity index (χ3v) is 9.97. The maximum atomic E-state index is 14.2. The number of sulfonamides is 1. The fourth-order valence-electron chi connectivity index (χ4n) is 6.02. The van der Waals surface area contributed by atoms with Crippen molar-refractivity contribution >= 4 is 44.0 Å². The second-order valence-corrected chi connectivity index (χ2v) is 14.1. The average Bonchev–Trinajstić information content (AvgIpc) is 3.19. The predicted octanol–water partition coefficient (Wildman–Crippen LogP) is 6.42. The van der Waals surface area contributed by atoms with Crippen LogP contribution < -0.4 is 9.62 Å². The molecule has 1 heterocycles. The summed E-state index contributed by atoms with van der Waals surface area (Å²) in [6, 6.07) is 35.5. The minimum Gasteiger partial charge on any atom is -0.310 e. The van der Waals surface area contributed by atoms with Crippen molar-refractivity contribution in [3.05, 3.63) is 131 Å². The van der Waals surface area contributed by atoms with Crippen LogP contribution in [0.5, 0.6) is 0 Å². The van der Waals surface area contributed by atoms with E-state index < -0.39 is 16.1 Å². The highest BCUT2D eigenvalue weighted by Gasteiger charge is 2.34. The molecule has 0 spiro atoms. The van der Waals surface area contributed by atoms with Crippen molar-refractivity contribution < 1.29 is 13.2 Å². The average molecular weight is 653 g/mol. The summed E-state index contributed by atoms with van der Waals surface area (Å²) in [5, 5.41) is 2.17. The Bertz CT molecular complexity index is 1950. The Morgan fingerprint density at radius 3 is 2.28 bits per heavy atom. The van der Waals surface area contributed by atoms with Crippen LogP contribution in [0.15, 0.2) is 120 Å². The van der Waals surface area contributed by atoms with Gasteiger partial charge in [-0.15, -0.1) is 0 Å². The van der Waals surface area contributed by atoms with Crippen LogP contribution >= 0.6 is 11.6 Å². The quantitative estimate of drug-likeness (QED) is 0.199. The molecule has 0 aliphatic carbocycles. The van der Waals surface area contributed by atoms with E-state index in [-0.39, 0.29) is 17.3 Å². The fourth-order valence-corrected chi connectivity index (χ4v) is 7.41. The molecule has 6 rings (SSSR count). The maximum Gasteiger partial charge on any atom is 0.246 e. The second-order valence-electron chi connectivity index (χ2n) is 12.0. The van der Waals surface area contributed by atoms with E-state index >= 15 is 0 Å². The molecule has 46 heavy (non-hydrogen) atoms. The van der Waals surface area contributed by atoms with Crippen molar-refractivity contribution in [2.75, 3.05) is 38.6 Å². The summed E-state index contributed by atoms with van der Waals surface area (Å²) in [4.78, 5) is 20.3. The van der Waals surface area contributed by atoms with Gasteiger partial charge in [0.05, 0.1) is 4.90 Å². The normalized spacial score (nSPS) is 16.2. The van der Waals surface area contributed by atoms with Crippen LogP contribution in [0.3, 0.4) is 0 Å². The zero-order valence-corrected chi connectivity index (χ0v) is 27.5. The fraction of sp³-hybridized carbons (Fsp3) is 0.216. The zero-order chi connectivity index (χ0) is 32.3. The van der Waals surface area contributed by atoms with Crippen molar-refractivity contribution in [3.8, 4) is 11.1 Å². The van der Waals surface area contributed by atoms with Gasteiger partial charge >= 0.3 is 0 Å². The number of nitrogens with one attached hydrogen (secondary N) is 1. The number of amides is 1. The van der Waals surface area contributed by atoms with Gasteiger partial charge in [-0.1, -0.05) is 90.5 Å². The summed E-state index contributed by atoms with van der Waals surface area (Å²) < 4.78 is 30.3. The van der Waals surface area contributed by atoms with E-state index in [2.05, 4.69) is 26.7 Å². The van der Waals surface area contributed by atoms with Gasteiger partial charge in [-0.05, 0) is 83.5 Å². The van der Waals surface area contributed by atoms with Gasteiger partial charge in [-0.25, -0.2) is 8.42 Å². The molecule has 1 saturated heterocycles. The van der Waals surface area contributed by atoms with Gasteiger partial charge < -0.3 is 9.80 Å². The molecule has 0 bridgehead atoms.